The normalized spacial score (nSPS) is 12.6. The molecule has 1 unspecified atom stereocenters. The van der Waals surface area contributed by atoms with E-state index in [4.69, 9.17) is 5.11 Å². The maximum absolute atomic E-state index is 10.5. The van der Waals surface area contributed by atoms with Gasteiger partial charge in [-0.1, -0.05) is 13.0 Å². The van der Waals surface area contributed by atoms with Crippen molar-refractivity contribution in [3.05, 3.63) is 22.4 Å². The molecule has 78 valence electrons. The minimum Gasteiger partial charge on any atom is -0.481 e. The fourth-order valence-electron chi connectivity index (χ4n) is 0.959. The Balaban J connectivity index is 2.08. The van der Waals surface area contributed by atoms with Crippen molar-refractivity contribution in [3.8, 4) is 0 Å². The van der Waals surface area contributed by atoms with E-state index in [1.54, 1.807) is 30.0 Å². The Morgan fingerprint density at radius 2 is 2.50 bits per heavy atom. The minimum atomic E-state index is -0.700. The standard InChI is InChI=1S/C10H14O2S2/c1-8(10(11)12)7-13-6-4-9-3-2-5-14-9/h2-3,5,8H,4,6-7H2,1H3,(H,11,12). The zero-order valence-electron chi connectivity index (χ0n) is 8.10. The highest BCUT2D eigenvalue weighted by Crippen LogP contribution is 2.14. The maximum atomic E-state index is 10.5. The third kappa shape index (κ3) is 4.15. The van der Waals surface area contributed by atoms with Gasteiger partial charge in [0, 0.05) is 10.6 Å². The van der Waals surface area contributed by atoms with Gasteiger partial charge in [0.2, 0.25) is 0 Å². The lowest BCUT2D eigenvalue weighted by molar-refractivity contribution is -0.140. The monoisotopic (exact) mass is 230 g/mol. The van der Waals surface area contributed by atoms with E-state index in [9.17, 15) is 4.79 Å². The Labute approximate surface area is 92.3 Å². The molecule has 0 aliphatic carbocycles. The van der Waals surface area contributed by atoms with Crippen molar-refractivity contribution >= 4 is 29.1 Å². The van der Waals surface area contributed by atoms with Crippen LogP contribution < -0.4 is 0 Å². The summed E-state index contributed by atoms with van der Waals surface area (Å²) in [5.74, 6) is 0.788. The first kappa shape index (κ1) is 11.6. The van der Waals surface area contributed by atoms with Crippen LogP contribution >= 0.6 is 23.1 Å². The molecular weight excluding hydrogens is 216 g/mol. The van der Waals surface area contributed by atoms with Crippen molar-refractivity contribution in [2.75, 3.05) is 11.5 Å². The quantitative estimate of drug-likeness (QED) is 0.764. The lowest BCUT2D eigenvalue weighted by Gasteiger charge is -2.04. The van der Waals surface area contributed by atoms with E-state index in [1.807, 2.05) is 6.07 Å². The number of hydrogen-bond acceptors (Lipinski definition) is 3. The topological polar surface area (TPSA) is 37.3 Å². The highest BCUT2D eigenvalue weighted by atomic mass is 32.2. The van der Waals surface area contributed by atoms with Crippen LogP contribution in [0.2, 0.25) is 0 Å². The smallest absolute Gasteiger partial charge is 0.307 e. The number of aliphatic carboxylic acids is 1. The highest BCUT2D eigenvalue weighted by molar-refractivity contribution is 7.99. The number of rotatable bonds is 6. The highest BCUT2D eigenvalue weighted by Gasteiger charge is 2.09. The molecule has 1 rings (SSSR count). The Hall–Kier alpha value is -0.480. The van der Waals surface area contributed by atoms with Gasteiger partial charge < -0.3 is 5.11 Å². The van der Waals surface area contributed by atoms with Crippen LogP contribution in [0.1, 0.15) is 11.8 Å². The molecule has 0 saturated carbocycles. The van der Waals surface area contributed by atoms with Gasteiger partial charge in [-0.3, -0.25) is 4.79 Å². The number of carbonyl (C=O) groups is 1. The second-order valence-electron chi connectivity index (χ2n) is 3.14. The van der Waals surface area contributed by atoms with Gasteiger partial charge in [-0.2, -0.15) is 11.8 Å². The molecule has 1 aromatic heterocycles. The average molecular weight is 230 g/mol. The summed E-state index contributed by atoms with van der Waals surface area (Å²) in [4.78, 5) is 11.9. The van der Waals surface area contributed by atoms with E-state index < -0.39 is 5.97 Å². The summed E-state index contributed by atoms with van der Waals surface area (Å²) in [7, 11) is 0. The van der Waals surface area contributed by atoms with Crippen molar-refractivity contribution in [1.82, 2.24) is 0 Å². The molecule has 0 saturated heterocycles. The Morgan fingerprint density at radius 1 is 1.71 bits per heavy atom. The van der Waals surface area contributed by atoms with Crippen LogP contribution in [0.15, 0.2) is 17.5 Å². The zero-order valence-corrected chi connectivity index (χ0v) is 9.74. The first-order valence-corrected chi connectivity index (χ1v) is 6.56. The second kappa shape index (κ2) is 6.09. The molecule has 1 N–H and O–H groups in total. The molecule has 1 aromatic rings. The largest absolute Gasteiger partial charge is 0.481 e. The van der Waals surface area contributed by atoms with Gasteiger partial charge in [-0.15, -0.1) is 11.3 Å². The lowest BCUT2D eigenvalue weighted by Crippen LogP contribution is -2.12. The molecule has 1 heterocycles. The van der Waals surface area contributed by atoms with Gasteiger partial charge >= 0.3 is 5.97 Å². The molecule has 0 bridgehead atoms. The molecule has 0 aliphatic heterocycles. The number of carboxylic acids is 1. The lowest BCUT2D eigenvalue weighted by atomic mass is 10.2. The second-order valence-corrected chi connectivity index (χ2v) is 5.33. The van der Waals surface area contributed by atoms with Crippen molar-refractivity contribution < 1.29 is 9.90 Å². The number of carboxylic acid groups (broad SMARTS) is 1. The van der Waals surface area contributed by atoms with Gasteiger partial charge in [0.15, 0.2) is 0 Å². The van der Waals surface area contributed by atoms with Gasteiger partial charge in [0.1, 0.15) is 0 Å². The molecule has 1 atom stereocenters. The first-order valence-electron chi connectivity index (χ1n) is 4.53. The van der Waals surface area contributed by atoms with E-state index in [0.29, 0.717) is 5.75 Å². The Morgan fingerprint density at radius 3 is 3.07 bits per heavy atom. The molecule has 0 radical (unpaired) electrons. The van der Waals surface area contributed by atoms with E-state index >= 15 is 0 Å². The molecule has 0 aliphatic rings. The maximum Gasteiger partial charge on any atom is 0.307 e. The molecule has 2 nitrogen and oxygen atoms in total. The van der Waals surface area contributed by atoms with Crippen LogP contribution in [0, 0.1) is 5.92 Å². The Kier molecular flexibility index (Phi) is 5.04. The summed E-state index contributed by atoms with van der Waals surface area (Å²) >= 11 is 3.47. The van der Waals surface area contributed by atoms with Gasteiger partial charge in [-0.05, 0) is 23.6 Å². The first-order chi connectivity index (χ1) is 6.70. The van der Waals surface area contributed by atoms with E-state index in [0.717, 1.165) is 12.2 Å². The van der Waals surface area contributed by atoms with Crippen molar-refractivity contribution in [2.24, 2.45) is 5.92 Å². The van der Waals surface area contributed by atoms with Gasteiger partial charge in [0.05, 0.1) is 5.92 Å². The minimum absolute atomic E-state index is 0.233. The van der Waals surface area contributed by atoms with Crippen LogP contribution in [0.3, 0.4) is 0 Å². The summed E-state index contributed by atoms with van der Waals surface area (Å²) in [5.41, 5.74) is 0. The summed E-state index contributed by atoms with van der Waals surface area (Å²) in [6.07, 6.45) is 1.05. The van der Waals surface area contributed by atoms with E-state index in [1.165, 1.54) is 4.88 Å². The zero-order chi connectivity index (χ0) is 10.4. The van der Waals surface area contributed by atoms with Crippen molar-refractivity contribution in [2.45, 2.75) is 13.3 Å². The van der Waals surface area contributed by atoms with Crippen LogP contribution in [-0.2, 0) is 11.2 Å². The van der Waals surface area contributed by atoms with Crippen molar-refractivity contribution in [1.29, 1.82) is 0 Å². The van der Waals surface area contributed by atoms with Gasteiger partial charge in [-0.25, -0.2) is 0 Å². The molecule has 0 aromatic carbocycles. The molecule has 0 amide bonds. The number of hydrogen-bond donors (Lipinski definition) is 1. The third-order valence-corrected chi connectivity index (χ3v) is 4.03. The predicted octanol–water partition coefficient (Wildman–Crippen LogP) is 2.74. The van der Waals surface area contributed by atoms with Crippen LogP contribution in [-0.4, -0.2) is 22.6 Å². The summed E-state index contributed by atoms with van der Waals surface area (Å²) in [6, 6.07) is 4.16. The summed E-state index contributed by atoms with van der Waals surface area (Å²) < 4.78 is 0. The number of thiophene rings is 1. The van der Waals surface area contributed by atoms with E-state index in [-0.39, 0.29) is 5.92 Å². The van der Waals surface area contributed by atoms with Crippen LogP contribution in [0.4, 0.5) is 0 Å². The van der Waals surface area contributed by atoms with Crippen molar-refractivity contribution in [3.63, 3.8) is 0 Å². The molecule has 14 heavy (non-hydrogen) atoms. The van der Waals surface area contributed by atoms with Crippen LogP contribution in [0.5, 0.6) is 0 Å². The SMILES string of the molecule is CC(CSCCc1cccs1)C(=O)O. The molecule has 4 heteroatoms. The fourth-order valence-corrected chi connectivity index (χ4v) is 2.82. The number of aryl methyl sites for hydroxylation is 1. The molecule has 0 fully saturated rings. The average Bonchev–Trinajstić information content (AvgIpc) is 2.64. The predicted molar refractivity (Wildman–Crippen MR) is 62.1 cm³/mol. The molecular formula is C10H14O2S2. The third-order valence-electron chi connectivity index (χ3n) is 1.86. The Bertz CT molecular complexity index is 270. The van der Waals surface area contributed by atoms with Crippen LogP contribution in [0.25, 0.3) is 0 Å². The fraction of sp³-hybridized carbons (Fsp3) is 0.500. The van der Waals surface area contributed by atoms with E-state index in [2.05, 4.69) is 11.4 Å². The number of thioether (sulfide) groups is 1. The molecule has 0 spiro atoms. The van der Waals surface area contributed by atoms with Gasteiger partial charge in [0.25, 0.3) is 0 Å². The summed E-state index contributed by atoms with van der Waals surface area (Å²) in [6.45, 7) is 1.75. The summed E-state index contributed by atoms with van der Waals surface area (Å²) in [5, 5.41) is 10.7.